The molecule has 0 saturated heterocycles. The molecule has 0 aliphatic carbocycles. The van der Waals surface area contributed by atoms with Crippen LogP contribution in [0, 0.1) is 0 Å². The smallest absolute Gasteiger partial charge is 0.408 e. The monoisotopic (exact) mass is 547 g/mol. The normalized spacial score (nSPS) is 11.8. The van der Waals surface area contributed by atoms with Crippen molar-refractivity contribution in [2.24, 2.45) is 4.99 Å². The lowest BCUT2D eigenvalue weighted by Gasteiger charge is -2.29. The fourth-order valence-electron chi connectivity index (χ4n) is 2.47. The van der Waals surface area contributed by atoms with E-state index in [1.165, 1.54) is 0 Å². The van der Waals surface area contributed by atoms with Crippen LogP contribution in [-0.4, -0.2) is 48.7 Å². The average molecular weight is 547 g/mol. The van der Waals surface area contributed by atoms with E-state index in [1.54, 1.807) is 12.1 Å². The molecular formula is C22H38IN5O3. The van der Waals surface area contributed by atoms with Gasteiger partial charge >= 0.3 is 6.09 Å². The van der Waals surface area contributed by atoms with Gasteiger partial charge in [-0.15, -0.1) is 24.0 Å². The van der Waals surface area contributed by atoms with Crippen LogP contribution in [0.4, 0.5) is 4.79 Å². The van der Waals surface area contributed by atoms with Gasteiger partial charge in [0.25, 0.3) is 5.91 Å². The minimum Gasteiger partial charge on any atom is -0.444 e. The van der Waals surface area contributed by atoms with Crippen molar-refractivity contribution in [1.82, 2.24) is 21.3 Å². The van der Waals surface area contributed by atoms with Crippen LogP contribution in [0.1, 0.15) is 64.4 Å². The van der Waals surface area contributed by atoms with E-state index in [0.29, 0.717) is 37.7 Å². The Kier molecular flexibility index (Phi) is 12.5. The largest absolute Gasteiger partial charge is 0.444 e. The fourth-order valence-corrected chi connectivity index (χ4v) is 2.47. The first kappa shape index (κ1) is 29.0. The number of alkyl carbamates (subject to hydrolysis) is 1. The van der Waals surface area contributed by atoms with Gasteiger partial charge in [0, 0.05) is 25.2 Å². The van der Waals surface area contributed by atoms with Crippen molar-refractivity contribution < 1.29 is 14.3 Å². The highest BCUT2D eigenvalue weighted by Gasteiger charge is 2.24. The molecule has 1 aromatic rings. The standard InChI is InChI=1S/C22H37N5O3.HI/c1-8-23-18(28)17-12-10-16(11-13-17)14-25-19(24-9-2)26-15-22(6,7)27-20(29)30-21(3,4)5;/h10-13H,8-9,14-15H2,1-7H3,(H,23,28)(H,27,29)(H2,24,25,26);1H. The number of carbonyl (C=O) groups excluding carboxylic acids is 2. The molecule has 0 radical (unpaired) electrons. The summed E-state index contributed by atoms with van der Waals surface area (Å²) >= 11 is 0. The Labute approximate surface area is 203 Å². The van der Waals surface area contributed by atoms with Gasteiger partial charge in [-0.25, -0.2) is 9.79 Å². The second-order valence-corrected chi connectivity index (χ2v) is 8.62. The van der Waals surface area contributed by atoms with E-state index >= 15 is 0 Å². The van der Waals surface area contributed by atoms with Gasteiger partial charge in [0.15, 0.2) is 5.96 Å². The summed E-state index contributed by atoms with van der Waals surface area (Å²) in [6.07, 6.45) is -0.455. The Bertz CT molecular complexity index is 728. The van der Waals surface area contributed by atoms with Crippen LogP contribution in [0.5, 0.6) is 0 Å². The molecule has 8 nitrogen and oxygen atoms in total. The summed E-state index contributed by atoms with van der Waals surface area (Å²) in [6.45, 7) is 15.4. The first-order chi connectivity index (χ1) is 14.0. The lowest BCUT2D eigenvalue weighted by Crippen LogP contribution is -2.54. The van der Waals surface area contributed by atoms with Crippen LogP contribution in [-0.2, 0) is 11.3 Å². The van der Waals surface area contributed by atoms with E-state index < -0.39 is 17.2 Å². The summed E-state index contributed by atoms with van der Waals surface area (Å²) in [5, 5.41) is 12.1. The SMILES string of the molecule is CCNC(=O)c1ccc(CN=C(NCC)NCC(C)(C)NC(=O)OC(C)(C)C)cc1.I. The zero-order valence-electron chi connectivity index (χ0n) is 19.7. The van der Waals surface area contributed by atoms with Gasteiger partial charge in [-0.05, 0) is 66.2 Å². The number of rotatable bonds is 8. The number of hydrogen-bond donors (Lipinski definition) is 4. The van der Waals surface area contributed by atoms with Crippen LogP contribution in [0.3, 0.4) is 0 Å². The van der Waals surface area contributed by atoms with Gasteiger partial charge in [-0.2, -0.15) is 0 Å². The molecule has 2 amide bonds. The molecule has 31 heavy (non-hydrogen) atoms. The molecule has 1 rings (SSSR count). The van der Waals surface area contributed by atoms with Gasteiger partial charge < -0.3 is 26.0 Å². The van der Waals surface area contributed by atoms with E-state index in [9.17, 15) is 9.59 Å². The Morgan fingerprint density at radius 2 is 1.52 bits per heavy atom. The third-order valence-corrected chi connectivity index (χ3v) is 3.85. The van der Waals surface area contributed by atoms with Gasteiger partial charge in [0.1, 0.15) is 5.60 Å². The second-order valence-electron chi connectivity index (χ2n) is 8.62. The van der Waals surface area contributed by atoms with E-state index in [4.69, 9.17) is 4.74 Å². The van der Waals surface area contributed by atoms with Crippen LogP contribution in [0.2, 0.25) is 0 Å². The number of guanidine groups is 1. The predicted molar refractivity (Wildman–Crippen MR) is 136 cm³/mol. The van der Waals surface area contributed by atoms with Crippen molar-refractivity contribution in [2.75, 3.05) is 19.6 Å². The Morgan fingerprint density at radius 1 is 0.935 bits per heavy atom. The molecule has 9 heteroatoms. The number of amides is 2. The molecule has 0 bridgehead atoms. The van der Waals surface area contributed by atoms with Gasteiger partial charge in [-0.1, -0.05) is 12.1 Å². The molecule has 0 aliphatic heterocycles. The number of carbonyl (C=O) groups is 2. The summed E-state index contributed by atoms with van der Waals surface area (Å²) in [4.78, 5) is 28.5. The van der Waals surface area contributed by atoms with Gasteiger partial charge in [0.05, 0.1) is 12.1 Å². The maximum Gasteiger partial charge on any atom is 0.408 e. The zero-order chi connectivity index (χ0) is 22.8. The quantitative estimate of drug-likeness (QED) is 0.227. The van der Waals surface area contributed by atoms with E-state index in [0.717, 1.165) is 5.56 Å². The molecule has 0 atom stereocenters. The van der Waals surface area contributed by atoms with Crippen molar-refractivity contribution >= 4 is 41.9 Å². The highest BCUT2D eigenvalue weighted by atomic mass is 127. The van der Waals surface area contributed by atoms with Crippen LogP contribution in [0.15, 0.2) is 29.3 Å². The molecule has 4 N–H and O–H groups in total. The Balaban J connectivity index is 0.00000900. The summed E-state index contributed by atoms with van der Waals surface area (Å²) in [5.41, 5.74) is 0.541. The minimum absolute atomic E-state index is 0. The third kappa shape index (κ3) is 12.4. The second kappa shape index (κ2) is 13.4. The lowest BCUT2D eigenvalue weighted by molar-refractivity contribution is 0.0473. The van der Waals surface area contributed by atoms with Crippen molar-refractivity contribution in [3.8, 4) is 0 Å². The zero-order valence-corrected chi connectivity index (χ0v) is 22.0. The van der Waals surface area contributed by atoms with Crippen molar-refractivity contribution in [3.05, 3.63) is 35.4 Å². The third-order valence-electron chi connectivity index (χ3n) is 3.85. The number of hydrogen-bond acceptors (Lipinski definition) is 4. The summed E-state index contributed by atoms with van der Waals surface area (Å²) in [5.74, 6) is 0.562. The Morgan fingerprint density at radius 3 is 2.03 bits per heavy atom. The fraction of sp³-hybridized carbons (Fsp3) is 0.591. The number of aliphatic imine (C=N–C) groups is 1. The lowest BCUT2D eigenvalue weighted by atomic mass is 10.1. The number of ether oxygens (including phenoxy) is 1. The predicted octanol–water partition coefficient (Wildman–Crippen LogP) is 3.41. The van der Waals surface area contributed by atoms with Crippen LogP contribution >= 0.6 is 24.0 Å². The van der Waals surface area contributed by atoms with E-state index in [2.05, 4.69) is 26.3 Å². The molecule has 176 valence electrons. The first-order valence-electron chi connectivity index (χ1n) is 10.4. The van der Waals surface area contributed by atoms with Gasteiger partial charge in [-0.3, -0.25) is 4.79 Å². The van der Waals surface area contributed by atoms with Crippen LogP contribution < -0.4 is 21.3 Å². The summed E-state index contributed by atoms with van der Waals surface area (Å²) in [6, 6.07) is 7.38. The molecule has 0 aromatic heterocycles. The topological polar surface area (TPSA) is 104 Å². The number of nitrogens with one attached hydrogen (secondary N) is 4. The molecule has 0 fully saturated rings. The summed E-state index contributed by atoms with van der Waals surface area (Å²) in [7, 11) is 0. The van der Waals surface area contributed by atoms with Crippen LogP contribution in [0.25, 0.3) is 0 Å². The number of nitrogens with zero attached hydrogens (tertiary/aromatic N) is 1. The number of benzene rings is 1. The minimum atomic E-state index is -0.545. The average Bonchev–Trinajstić information content (AvgIpc) is 2.62. The van der Waals surface area contributed by atoms with Crippen molar-refractivity contribution in [2.45, 2.75) is 66.2 Å². The molecule has 0 spiro atoms. The molecule has 1 aromatic carbocycles. The molecule has 0 aliphatic rings. The summed E-state index contributed by atoms with van der Waals surface area (Å²) < 4.78 is 5.32. The van der Waals surface area contributed by atoms with E-state index in [-0.39, 0.29) is 29.9 Å². The highest BCUT2D eigenvalue weighted by molar-refractivity contribution is 14.0. The Hall–Kier alpha value is -2.04. The van der Waals surface area contributed by atoms with Crippen molar-refractivity contribution in [3.63, 3.8) is 0 Å². The maximum absolute atomic E-state index is 12.0. The highest BCUT2D eigenvalue weighted by Crippen LogP contribution is 2.09. The van der Waals surface area contributed by atoms with Gasteiger partial charge in [0.2, 0.25) is 0 Å². The maximum atomic E-state index is 12.0. The molecular weight excluding hydrogens is 509 g/mol. The molecule has 0 heterocycles. The molecule has 0 saturated carbocycles. The first-order valence-corrected chi connectivity index (χ1v) is 10.4. The molecule has 0 unspecified atom stereocenters. The number of halogens is 1. The van der Waals surface area contributed by atoms with Crippen molar-refractivity contribution in [1.29, 1.82) is 0 Å². The van der Waals surface area contributed by atoms with E-state index in [1.807, 2.05) is 60.6 Å².